The highest BCUT2D eigenvalue weighted by atomic mass is 16.4. The molecule has 0 aliphatic rings. The van der Waals surface area contributed by atoms with E-state index >= 15 is 0 Å². The van der Waals surface area contributed by atoms with Crippen molar-refractivity contribution in [1.82, 2.24) is 5.32 Å². The number of carbonyl (C=O) groups is 3. The average Bonchev–Trinajstić information content (AvgIpc) is 2.74. The van der Waals surface area contributed by atoms with E-state index in [0.29, 0.717) is 11.3 Å². The second-order valence-electron chi connectivity index (χ2n) is 7.18. The molecule has 2 unspecified atom stereocenters. The van der Waals surface area contributed by atoms with Crippen LogP contribution < -0.4 is 22.1 Å². The highest BCUT2D eigenvalue weighted by Gasteiger charge is 2.28. The van der Waals surface area contributed by atoms with E-state index in [2.05, 4.69) is 10.6 Å². The Bertz CT molecular complexity index is 1020. The second kappa shape index (κ2) is 10.7. The van der Waals surface area contributed by atoms with Crippen LogP contribution in [0.4, 0.5) is 5.69 Å². The largest absolute Gasteiger partial charge is 0.507 e. The Balaban J connectivity index is 2.22. The minimum Gasteiger partial charge on any atom is -0.507 e. The van der Waals surface area contributed by atoms with Crippen LogP contribution in [0.15, 0.2) is 36.4 Å². The zero-order valence-electron chi connectivity index (χ0n) is 17.3. The number of carboxylic acid groups (broad SMARTS) is 1. The SMILES string of the molecule is Cc1ccc(C(=O)NC(Cc2cccc(C(=O)O)c2O)B(O)O)cc1NC(=O)C(N)CN. The minimum absolute atomic E-state index is 0.0585. The maximum absolute atomic E-state index is 12.7. The molecule has 2 rings (SSSR count). The van der Waals surface area contributed by atoms with Crippen molar-refractivity contribution in [3.8, 4) is 5.75 Å². The van der Waals surface area contributed by atoms with Gasteiger partial charge in [0.05, 0.1) is 12.0 Å². The molecule has 2 atom stereocenters. The van der Waals surface area contributed by atoms with Gasteiger partial charge in [-0.05, 0) is 42.7 Å². The lowest BCUT2D eigenvalue weighted by Gasteiger charge is -2.19. The van der Waals surface area contributed by atoms with Gasteiger partial charge in [-0.15, -0.1) is 0 Å². The molecule has 2 aromatic rings. The Kier molecular flexibility index (Phi) is 8.32. The maximum atomic E-state index is 12.7. The molecule has 0 spiro atoms. The number of para-hydroxylation sites is 1. The number of hydrogen-bond acceptors (Lipinski definition) is 8. The molecule has 0 saturated carbocycles. The summed E-state index contributed by atoms with van der Waals surface area (Å²) in [5.74, 6) is -4.35. The number of aromatic hydroxyl groups is 1. The summed E-state index contributed by atoms with van der Waals surface area (Å²) in [5, 5.41) is 43.7. The zero-order valence-corrected chi connectivity index (χ0v) is 17.3. The smallest absolute Gasteiger partial charge is 0.475 e. The van der Waals surface area contributed by atoms with Crippen molar-refractivity contribution in [2.45, 2.75) is 25.3 Å². The van der Waals surface area contributed by atoms with Crippen molar-refractivity contribution in [2.75, 3.05) is 11.9 Å². The summed E-state index contributed by atoms with van der Waals surface area (Å²) in [4.78, 5) is 35.9. The highest BCUT2D eigenvalue weighted by molar-refractivity contribution is 6.43. The number of aromatic carboxylic acids is 1. The quantitative estimate of drug-likeness (QED) is 0.222. The fourth-order valence-corrected chi connectivity index (χ4v) is 2.88. The van der Waals surface area contributed by atoms with Gasteiger partial charge in [-0.25, -0.2) is 4.79 Å². The molecule has 12 heteroatoms. The van der Waals surface area contributed by atoms with Crippen LogP contribution in [-0.2, 0) is 11.2 Å². The molecule has 10 N–H and O–H groups in total. The molecule has 2 aromatic carbocycles. The molecular formula is C20H25BN4O7. The van der Waals surface area contributed by atoms with Gasteiger partial charge in [-0.3, -0.25) is 9.59 Å². The number of amides is 2. The molecule has 0 saturated heterocycles. The number of nitrogens with two attached hydrogens (primary N) is 2. The predicted molar refractivity (Wildman–Crippen MR) is 117 cm³/mol. The van der Waals surface area contributed by atoms with Gasteiger partial charge in [-0.1, -0.05) is 18.2 Å². The van der Waals surface area contributed by atoms with E-state index in [1.807, 2.05) is 0 Å². The van der Waals surface area contributed by atoms with E-state index in [0.717, 1.165) is 0 Å². The van der Waals surface area contributed by atoms with Crippen molar-refractivity contribution in [1.29, 1.82) is 0 Å². The Labute approximate surface area is 184 Å². The van der Waals surface area contributed by atoms with Gasteiger partial charge in [-0.2, -0.15) is 0 Å². The Morgan fingerprint density at radius 1 is 1.16 bits per heavy atom. The summed E-state index contributed by atoms with van der Waals surface area (Å²) in [6, 6.07) is 7.54. The first-order valence-electron chi connectivity index (χ1n) is 9.63. The van der Waals surface area contributed by atoms with Crippen molar-refractivity contribution in [3.05, 3.63) is 58.7 Å². The third-order valence-corrected chi connectivity index (χ3v) is 4.81. The summed E-state index contributed by atoms with van der Waals surface area (Å²) < 4.78 is 0. The van der Waals surface area contributed by atoms with E-state index in [-0.39, 0.29) is 29.7 Å². The fourth-order valence-electron chi connectivity index (χ4n) is 2.88. The van der Waals surface area contributed by atoms with Crippen LogP contribution in [-0.4, -0.2) is 63.7 Å². The molecule has 0 aliphatic heterocycles. The Hall–Kier alpha value is -3.45. The van der Waals surface area contributed by atoms with Crippen LogP contribution in [0.1, 0.15) is 31.8 Å². The molecule has 0 radical (unpaired) electrons. The van der Waals surface area contributed by atoms with Crippen LogP contribution in [0.3, 0.4) is 0 Å². The monoisotopic (exact) mass is 444 g/mol. The second-order valence-corrected chi connectivity index (χ2v) is 7.18. The maximum Gasteiger partial charge on any atom is 0.475 e. The number of benzene rings is 2. The van der Waals surface area contributed by atoms with Gasteiger partial charge < -0.3 is 42.4 Å². The molecule has 11 nitrogen and oxygen atoms in total. The van der Waals surface area contributed by atoms with Gasteiger partial charge in [0.15, 0.2) is 0 Å². The normalized spacial score (nSPS) is 12.5. The fraction of sp³-hybridized carbons (Fsp3) is 0.250. The summed E-state index contributed by atoms with van der Waals surface area (Å²) in [6.45, 7) is 1.65. The van der Waals surface area contributed by atoms with Crippen molar-refractivity contribution < 1.29 is 34.6 Å². The minimum atomic E-state index is -2.00. The first kappa shape index (κ1) is 24.8. The lowest BCUT2D eigenvalue weighted by atomic mass is 9.75. The number of rotatable bonds is 9. The van der Waals surface area contributed by atoms with Crippen LogP contribution in [0.5, 0.6) is 5.75 Å². The Morgan fingerprint density at radius 2 is 1.84 bits per heavy atom. The average molecular weight is 444 g/mol. The van der Waals surface area contributed by atoms with Gasteiger partial charge >= 0.3 is 13.1 Å². The van der Waals surface area contributed by atoms with E-state index in [1.165, 1.54) is 30.3 Å². The van der Waals surface area contributed by atoms with Gasteiger partial charge in [0.2, 0.25) is 5.91 Å². The van der Waals surface area contributed by atoms with Gasteiger partial charge in [0.25, 0.3) is 5.91 Å². The van der Waals surface area contributed by atoms with E-state index in [1.54, 1.807) is 13.0 Å². The van der Waals surface area contributed by atoms with Crippen LogP contribution in [0.25, 0.3) is 0 Å². The van der Waals surface area contributed by atoms with Gasteiger partial charge in [0.1, 0.15) is 11.3 Å². The summed E-state index contributed by atoms with van der Waals surface area (Å²) in [5.41, 5.74) is 11.8. The van der Waals surface area contributed by atoms with E-state index in [4.69, 9.17) is 16.6 Å². The number of hydrogen-bond donors (Lipinski definition) is 8. The van der Waals surface area contributed by atoms with Crippen LogP contribution >= 0.6 is 0 Å². The lowest BCUT2D eigenvalue weighted by Crippen LogP contribution is -2.48. The number of carbonyl (C=O) groups excluding carboxylic acids is 2. The van der Waals surface area contributed by atoms with E-state index in [9.17, 15) is 29.5 Å². The number of phenols is 1. The number of anilines is 1. The molecular weight excluding hydrogens is 419 g/mol. The van der Waals surface area contributed by atoms with E-state index < -0.39 is 42.6 Å². The molecule has 0 bridgehead atoms. The first-order chi connectivity index (χ1) is 15.0. The molecule has 32 heavy (non-hydrogen) atoms. The molecule has 170 valence electrons. The van der Waals surface area contributed by atoms with Crippen molar-refractivity contribution in [2.24, 2.45) is 11.5 Å². The summed E-state index contributed by atoms with van der Waals surface area (Å²) in [6.07, 6.45) is -0.253. The lowest BCUT2D eigenvalue weighted by molar-refractivity contribution is -0.117. The highest BCUT2D eigenvalue weighted by Crippen LogP contribution is 2.24. The standard InChI is InChI=1S/C20H25BN4O7/c1-10-5-6-12(7-15(10)24-19(28)14(23)9-22)18(27)25-16(21(31)32)8-11-3-2-4-13(17(11)26)20(29)30/h2-7,14,16,26,31-32H,8-9,22-23H2,1H3,(H,24,28)(H,25,27)(H,29,30). The van der Waals surface area contributed by atoms with Gasteiger partial charge in [0, 0.05) is 17.8 Å². The number of aryl methyl sites for hydroxylation is 1. The van der Waals surface area contributed by atoms with Crippen molar-refractivity contribution >= 4 is 30.6 Å². The van der Waals surface area contributed by atoms with Crippen molar-refractivity contribution in [3.63, 3.8) is 0 Å². The zero-order chi connectivity index (χ0) is 24.0. The van der Waals surface area contributed by atoms with Crippen LogP contribution in [0.2, 0.25) is 0 Å². The number of carboxylic acids is 1. The topological polar surface area (TPSA) is 208 Å². The number of nitrogens with one attached hydrogen (secondary N) is 2. The first-order valence-corrected chi connectivity index (χ1v) is 9.63. The third-order valence-electron chi connectivity index (χ3n) is 4.81. The molecule has 0 aromatic heterocycles. The summed E-state index contributed by atoms with van der Waals surface area (Å²) in [7, 11) is -2.00. The molecule has 0 fully saturated rings. The Morgan fingerprint density at radius 3 is 2.44 bits per heavy atom. The van der Waals surface area contributed by atoms with Crippen LogP contribution in [0, 0.1) is 6.92 Å². The molecule has 0 aliphatic carbocycles. The summed E-state index contributed by atoms with van der Waals surface area (Å²) >= 11 is 0. The molecule has 0 heterocycles. The third kappa shape index (κ3) is 6.05. The predicted octanol–water partition coefficient (Wildman–Crippen LogP) is -1.02. The molecule has 2 amide bonds.